The molecule has 1 aromatic rings. The molecule has 0 saturated heterocycles. The van der Waals surface area contributed by atoms with Crippen LogP contribution in [0.3, 0.4) is 0 Å². The van der Waals surface area contributed by atoms with E-state index in [9.17, 15) is 9.59 Å². The molecule has 2 amide bonds. The summed E-state index contributed by atoms with van der Waals surface area (Å²) >= 11 is 0. The van der Waals surface area contributed by atoms with Crippen LogP contribution in [0.25, 0.3) is 0 Å². The molecule has 1 saturated carbocycles. The quantitative estimate of drug-likeness (QED) is 0.789. The van der Waals surface area contributed by atoms with Gasteiger partial charge in [-0.2, -0.15) is 0 Å². The van der Waals surface area contributed by atoms with Crippen molar-refractivity contribution in [2.24, 2.45) is 0 Å². The summed E-state index contributed by atoms with van der Waals surface area (Å²) in [6.07, 6.45) is 4.25. The number of urea groups is 1. The molecule has 2 rings (SSSR count). The molecule has 6 heteroatoms. The Balaban J connectivity index is 1.87. The van der Waals surface area contributed by atoms with Crippen molar-refractivity contribution in [3.05, 3.63) is 23.2 Å². The molecular weight excluding hydrogens is 260 g/mol. The largest absolute Gasteiger partial charge is 0.478 e. The van der Waals surface area contributed by atoms with Gasteiger partial charge in [-0.1, -0.05) is 12.8 Å². The van der Waals surface area contributed by atoms with Crippen molar-refractivity contribution in [2.75, 3.05) is 0 Å². The summed E-state index contributed by atoms with van der Waals surface area (Å²) in [5.41, 5.74) is 0.0000207. The number of furan rings is 1. The Morgan fingerprint density at radius 3 is 2.60 bits per heavy atom. The van der Waals surface area contributed by atoms with Crippen LogP contribution in [0.5, 0.6) is 0 Å². The number of carboxylic acids is 1. The van der Waals surface area contributed by atoms with Gasteiger partial charge in [0.2, 0.25) is 0 Å². The molecule has 20 heavy (non-hydrogen) atoms. The molecule has 0 atom stereocenters. The number of aryl methyl sites for hydroxylation is 1. The predicted octanol–water partition coefficient (Wildman–Crippen LogP) is 2.42. The molecule has 1 heterocycles. The van der Waals surface area contributed by atoms with Crippen LogP contribution in [0.15, 0.2) is 10.5 Å². The summed E-state index contributed by atoms with van der Waals surface area (Å²) < 4.78 is 5.30. The van der Waals surface area contributed by atoms with Gasteiger partial charge >= 0.3 is 12.0 Å². The van der Waals surface area contributed by atoms with Crippen LogP contribution in [0.4, 0.5) is 4.79 Å². The molecule has 0 aromatic carbocycles. The van der Waals surface area contributed by atoms with Gasteiger partial charge in [0, 0.05) is 5.54 Å². The second-order valence-corrected chi connectivity index (χ2v) is 5.56. The van der Waals surface area contributed by atoms with Crippen molar-refractivity contribution in [1.29, 1.82) is 0 Å². The Labute approximate surface area is 117 Å². The molecule has 1 aliphatic rings. The van der Waals surface area contributed by atoms with E-state index < -0.39 is 5.97 Å². The second kappa shape index (κ2) is 5.56. The monoisotopic (exact) mass is 280 g/mol. The molecule has 1 aliphatic carbocycles. The third-order valence-electron chi connectivity index (χ3n) is 3.74. The van der Waals surface area contributed by atoms with E-state index in [0.717, 1.165) is 25.7 Å². The Hall–Kier alpha value is -1.98. The second-order valence-electron chi connectivity index (χ2n) is 5.56. The normalized spacial score (nSPS) is 16.9. The minimum absolute atomic E-state index is 0.130. The summed E-state index contributed by atoms with van der Waals surface area (Å²) in [5, 5.41) is 14.6. The van der Waals surface area contributed by atoms with Gasteiger partial charge in [-0.25, -0.2) is 9.59 Å². The summed E-state index contributed by atoms with van der Waals surface area (Å²) in [4.78, 5) is 22.7. The standard InChI is InChI=1S/C14H20N2O4/c1-9-11(12(17)18)7-10(20-9)8-15-13(19)16-14(2)5-3-4-6-14/h7H,3-6,8H2,1-2H3,(H,17,18)(H2,15,16,19). The Kier molecular flexibility index (Phi) is 4.01. The summed E-state index contributed by atoms with van der Waals surface area (Å²) in [7, 11) is 0. The number of carboxylic acid groups (broad SMARTS) is 1. The molecule has 1 fully saturated rings. The summed E-state index contributed by atoms with van der Waals surface area (Å²) in [6, 6.07) is 1.19. The number of nitrogens with one attached hydrogen (secondary N) is 2. The lowest BCUT2D eigenvalue weighted by molar-refractivity contribution is 0.0695. The van der Waals surface area contributed by atoms with Crippen LogP contribution in [-0.4, -0.2) is 22.6 Å². The fourth-order valence-corrected chi connectivity index (χ4v) is 2.61. The van der Waals surface area contributed by atoms with Crippen molar-refractivity contribution >= 4 is 12.0 Å². The Morgan fingerprint density at radius 2 is 2.05 bits per heavy atom. The Bertz CT molecular complexity index is 515. The molecule has 0 aliphatic heterocycles. The van der Waals surface area contributed by atoms with E-state index in [1.807, 2.05) is 6.92 Å². The van der Waals surface area contributed by atoms with Gasteiger partial charge in [-0.3, -0.25) is 0 Å². The zero-order valence-electron chi connectivity index (χ0n) is 11.8. The fraction of sp³-hybridized carbons (Fsp3) is 0.571. The highest BCUT2D eigenvalue weighted by molar-refractivity contribution is 5.88. The molecule has 0 radical (unpaired) electrons. The van der Waals surface area contributed by atoms with Gasteiger partial charge in [0.15, 0.2) is 0 Å². The zero-order chi connectivity index (χ0) is 14.8. The molecule has 0 bridgehead atoms. The van der Waals surface area contributed by atoms with E-state index in [1.165, 1.54) is 6.07 Å². The van der Waals surface area contributed by atoms with Crippen LogP contribution in [0.2, 0.25) is 0 Å². The topological polar surface area (TPSA) is 91.6 Å². The third-order valence-corrected chi connectivity index (χ3v) is 3.74. The highest BCUT2D eigenvalue weighted by Crippen LogP contribution is 2.28. The van der Waals surface area contributed by atoms with E-state index in [1.54, 1.807) is 6.92 Å². The van der Waals surface area contributed by atoms with Gasteiger partial charge in [0.1, 0.15) is 17.1 Å². The maximum atomic E-state index is 11.8. The van der Waals surface area contributed by atoms with Crippen LogP contribution in [-0.2, 0) is 6.54 Å². The minimum atomic E-state index is -1.03. The van der Waals surface area contributed by atoms with Gasteiger partial charge in [-0.15, -0.1) is 0 Å². The number of carbonyl (C=O) groups is 2. The van der Waals surface area contributed by atoms with Crippen LogP contribution < -0.4 is 10.6 Å². The SMILES string of the molecule is Cc1oc(CNC(=O)NC2(C)CCCC2)cc1C(=O)O. The van der Waals surface area contributed by atoms with Crippen molar-refractivity contribution < 1.29 is 19.1 Å². The summed E-state index contributed by atoms with van der Waals surface area (Å²) in [6.45, 7) is 3.81. The average molecular weight is 280 g/mol. The lowest BCUT2D eigenvalue weighted by Crippen LogP contribution is -2.48. The van der Waals surface area contributed by atoms with Crippen LogP contribution in [0.1, 0.15) is 54.5 Å². The number of aromatic carboxylic acids is 1. The van der Waals surface area contributed by atoms with Crippen LogP contribution in [0, 0.1) is 6.92 Å². The minimum Gasteiger partial charge on any atom is -0.478 e. The first-order chi connectivity index (χ1) is 9.39. The Morgan fingerprint density at radius 1 is 1.40 bits per heavy atom. The number of hydrogen-bond donors (Lipinski definition) is 3. The van der Waals surface area contributed by atoms with Crippen molar-refractivity contribution in [1.82, 2.24) is 10.6 Å². The van der Waals surface area contributed by atoms with Gasteiger partial charge in [0.05, 0.1) is 6.54 Å². The number of rotatable bonds is 4. The van der Waals surface area contributed by atoms with Crippen molar-refractivity contribution in [3.8, 4) is 0 Å². The zero-order valence-corrected chi connectivity index (χ0v) is 11.8. The first-order valence-electron chi connectivity index (χ1n) is 6.78. The molecule has 1 aromatic heterocycles. The maximum absolute atomic E-state index is 11.8. The van der Waals surface area contributed by atoms with E-state index in [4.69, 9.17) is 9.52 Å². The predicted molar refractivity (Wildman–Crippen MR) is 72.6 cm³/mol. The van der Waals surface area contributed by atoms with E-state index in [2.05, 4.69) is 10.6 Å². The van der Waals surface area contributed by atoms with Gasteiger partial charge < -0.3 is 20.2 Å². The fourth-order valence-electron chi connectivity index (χ4n) is 2.61. The van der Waals surface area contributed by atoms with Gasteiger partial charge in [-0.05, 0) is 32.8 Å². The van der Waals surface area contributed by atoms with Crippen molar-refractivity contribution in [2.45, 2.75) is 51.6 Å². The van der Waals surface area contributed by atoms with E-state index >= 15 is 0 Å². The van der Waals surface area contributed by atoms with E-state index in [-0.39, 0.29) is 23.7 Å². The number of hydrogen-bond acceptors (Lipinski definition) is 3. The first kappa shape index (κ1) is 14.4. The highest BCUT2D eigenvalue weighted by atomic mass is 16.4. The van der Waals surface area contributed by atoms with E-state index in [0.29, 0.717) is 11.5 Å². The smallest absolute Gasteiger partial charge is 0.339 e. The summed E-state index contributed by atoms with van der Waals surface area (Å²) in [5.74, 6) is -0.246. The molecule has 6 nitrogen and oxygen atoms in total. The van der Waals surface area contributed by atoms with Crippen molar-refractivity contribution in [3.63, 3.8) is 0 Å². The maximum Gasteiger partial charge on any atom is 0.339 e. The third kappa shape index (κ3) is 3.31. The average Bonchev–Trinajstić information content (AvgIpc) is 2.93. The molecule has 0 unspecified atom stereocenters. The first-order valence-corrected chi connectivity index (χ1v) is 6.78. The number of carbonyl (C=O) groups excluding carboxylic acids is 1. The molecule has 3 N–H and O–H groups in total. The molecular formula is C14H20N2O4. The number of amides is 2. The molecule has 110 valence electrons. The lowest BCUT2D eigenvalue weighted by atomic mass is 10.0. The molecule has 0 spiro atoms. The highest BCUT2D eigenvalue weighted by Gasteiger charge is 2.30. The van der Waals surface area contributed by atoms with Gasteiger partial charge in [0.25, 0.3) is 0 Å². The van der Waals surface area contributed by atoms with Crippen LogP contribution >= 0.6 is 0 Å². The lowest BCUT2D eigenvalue weighted by Gasteiger charge is -2.25.